The molecule has 18 aromatic carbocycles. The summed E-state index contributed by atoms with van der Waals surface area (Å²) >= 11 is 0. The van der Waals surface area contributed by atoms with E-state index >= 15 is 0 Å². The first-order valence-electron chi connectivity index (χ1n) is 41.0. The first kappa shape index (κ1) is 71.0. The van der Waals surface area contributed by atoms with E-state index in [1.165, 1.54) is 57.9 Å². The van der Waals surface area contributed by atoms with Gasteiger partial charge in [0, 0.05) is 82.0 Å². The fraction of sp³-hybridized carbons (Fsp3) is 0. The Morgan fingerprint density at radius 2 is 0.582 bits per heavy atom. The van der Waals surface area contributed by atoms with Gasteiger partial charge in [0.15, 0.2) is 33.0 Å². The van der Waals surface area contributed by atoms with E-state index in [9.17, 15) is 10.5 Å². The molecule has 0 radical (unpaired) electrons. The van der Waals surface area contributed by atoms with E-state index in [2.05, 4.69) is 387 Å². The van der Waals surface area contributed by atoms with Gasteiger partial charge in [-0.1, -0.05) is 285 Å². The molecule has 0 amide bonds. The number of hydrogen-bond acceptors (Lipinski definition) is 4. The summed E-state index contributed by atoms with van der Waals surface area (Å²) in [5, 5.41) is 43.9. The Bertz CT molecular complexity index is 8290. The van der Waals surface area contributed by atoms with E-state index < -0.39 is 16.1 Å². The molecule has 0 N–H and O–H groups in total. The molecule has 0 saturated heterocycles. The minimum atomic E-state index is -3.10. The average Bonchev–Trinajstić information content (AvgIpc) is 1.59. The predicted molar refractivity (Wildman–Crippen MR) is 508 cm³/mol. The van der Waals surface area contributed by atoms with Gasteiger partial charge in [0.25, 0.3) is 0 Å². The molecular formula is C111H69N7O2Si2. The maximum Gasteiger partial charge on any atom is 0.188 e. The summed E-state index contributed by atoms with van der Waals surface area (Å²) in [5.74, 6) is 0. The SMILES string of the molecule is N#Cc1cc(-n2c3ccccc3c3ccccc32)cc([Si](c2ccccc2)(c2ccccc2)c2ccc(-n3c4ccccc4c4ccc5c6ccccc6oc5c43)cc2)c1.[C-]#[N+]c1ccc2c(c1)c1cc(C#N)ccc1n2-c1cccc([Si](c2ccccc2)(c2ccccc2)c2ccc(-n3c4ccccc4c4ccc5c6ccccc6oc5c43)cc2)c1. The zero-order valence-electron chi connectivity index (χ0n) is 65.8. The minimum absolute atomic E-state index is 0.568. The summed E-state index contributed by atoms with van der Waals surface area (Å²) in [6, 6.07) is 154. The lowest BCUT2D eigenvalue weighted by atomic mass is 10.1. The van der Waals surface area contributed by atoms with Crippen LogP contribution in [0.15, 0.2) is 427 Å². The third-order valence-electron chi connectivity index (χ3n) is 25.2. The second-order valence-electron chi connectivity index (χ2n) is 31.4. The molecule has 6 aromatic heterocycles. The molecular weight excluding hydrogens is 1520 g/mol. The van der Waals surface area contributed by atoms with Crippen molar-refractivity contribution < 1.29 is 8.83 Å². The standard InChI is InChI=1S/C56H34N4OSi.C55H35N3OSi/c1-58-38-24-32-53-50(34-38)49-33-37(36-57)23-31-52(49)59(53)40-13-12-18-44(35-40)62(41-14-4-2-5-15-41,42-16-6-3-7-17-42)43-27-25-39(26-28-43)60-51-21-10-8-19-45(51)47-29-30-48-46-20-9-11-22-54(46)61-56(48)55(47)60;56-36-37-33-39(57-50-23-11-7-19-44(50)45-20-8-12-24-51(45)57)35-43(34-37)60(40-15-3-1-4-16-40,41-17-5-2-6-18-41)42-29-27-38(28-30-42)58-52-25-13-9-21-46(52)48-31-32-49-47-22-10-14-26-53(47)59-55(49)54(48)58/h2-35H;1-35H. The number of aromatic nitrogens is 4. The van der Waals surface area contributed by atoms with E-state index in [0.29, 0.717) is 16.8 Å². The van der Waals surface area contributed by atoms with Crippen molar-refractivity contribution in [3.8, 4) is 34.9 Å². The van der Waals surface area contributed by atoms with Crippen molar-refractivity contribution in [3.63, 3.8) is 0 Å². The van der Waals surface area contributed by atoms with Crippen molar-refractivity contribution in [2.24, 2.45) is 0 Å². The molecule has 0 atom stereocenters. The molecule has 0 bridgehead atoms. The van der Waals surface area contributed by atoms with Gasteiger partial charge in [-0.2, -0.15) is 10.5 Å². The minimum Gasteiger partial charge on any atom is -0.454 e. The van der Waals surface area contributed by atoms with Crippen LogP contribution in [0.5, 0.6) is 0 Å². The highest BCUT2D eigenvalue weighted by Gasteiger charge is 2.44. The Labute approximate surface area is 703 Å². The fourth-order valence-electron chi connectivity index (χ4n) is 20.0. The van der Waals surface area contributed by atoms with E-state index in [4.69, 9.17) is 15.4 Å². The number of benzene rings is 18. The summed E-state index contributed by atoms with van der Waals surface area (Å²) in [6.45, 7) is 7.76. The molecule has 568 valence electrons. The van der Waals surface area contributed by atoms with E-state index in [0.717, 1.165) is 137 Å². The zero-order valence-corrected chi connectivity index (χ0v) is 67.8. The second-order valence-corrected chi connectivity index (χ2v) is 39.0. The van der Waals surface area contributed by atoms with Crippen LogP contribution < -0.4 is 41.5 Å². The molecule has 24 aromatic rings. The molecule has 6 heterocycles. The monoisotopic (exact) mass is 1590 g/mol. The van der Waals surface area contributed by atoms with Gasteiger partial charge < -0.3 is 27.1 Å². The molecule has 0 unspecified atom stereocenters. The second kappa shape index (κ2) is 28.5. The van der Waals surface area contributed by atoms with Crippen LogP contribution in [0.25, 0.3) is 159 Å². The van der Waals surface area contributed by atoms with Gasteiger partial charge >= 0.3 is 0 Å². The normalized spacial score (nSPS) is 11.9. The maximum atomic E-state index is 10.8. The van der Waals surface area contributed by atoms with Crippen molar-refractivity contribution in [1.29, 1.82) is 10.5 Å². The molecule has 0 aliphatic carbocycles. The lowest BCUT2D eigenvalue weighted by molar-refractivity contribution is 0.670. The van der Waals surface area contributed by atoms with Gasteiger partial charge in [0.1, 0.15) is 11.2 Å². The average molecular weight is 1590 g/mol. The maximum absolute atomic E-state index is 10.8. The summed E-state index contributed by atoms with van der Waals surface area (Å²) in [6.07, 6.45) is 0. The number of furan rings is 2. The quantitative estimate of drug-likeness (QED) is 0.0691. The van der Waals surface area contributed by atoms with Crippen molar-refractivity contribution >= 4 is 194 Å². The molecule has 0 aliphatic rings. The third-order valence-corrected chi connectivity index (χ3v) is 34.7. The molecule has 24 rings (SSSR count). The topological polar surface area (TPSA) is 97.9 Å². The van der Waals surface area contributed by atoms with Crippen LogP contribution in [0.4, 0.5) is 5.69 Å². The summed E-state index contributed by atoms with van der Waals surface area (Å²) in [5.41, 5.74) is 18.0. The molecule has 9 nitrogen and oxygen atoms in total. The largest absolute Gasteiger partial charge is 0.454 e. The smallest absolute Gasteiger partial charge is 0.188 e. The van der Waals surface area contributed by atoms with E-state index in [-0.39, 0.29) is 0 Å². The number of para-hydroxylation sites is 6. The van der Waals surface area contributed by atoms with Crippen LogP contribution in [-0.4, -0.2) is 34.4 Å². The van der Waals surface area contributed by atoms with Gasteiger partial charge in [0.2, 0.25) is 0 Å². The number of rotatable bonds is 12. The summed E-state index contributed by atoms with van der Waals surface area (Å²) < 4.78 is 22.7. The number of nitriles is 2. The first-order valence-corrected chi connectivity index (χ1v) is 45.0. The van der Waals surface area contributed by atoms with E-state index in [1.807, 2.05) is 66.7 Å². The van der Waals surface area contributed by atoms with Crippen LogP contribution in [0.1, 0.15) is 11.1 Å². The number of nitrogens with zero attached hydrogens (tertiary/aromatic N) is 7. The third kappa shape index (κ3) is 10.8. The van der Waals surface area contributed by atoms with Gasteiger partial charge in [-0.15, -0.1) is 0 Å². The van der Waals surface area contributed by atoms with Gasteiger partial charge in [-0.25, -0.2) is 4.85 Å². The van der Waals surface area contributed by atoms with Crippen molar-refractivity contribution in [2.45, 2.75) is 0 Å². The molecule has 11 heteroatoms. The Balaban J connectivity index is 0.000000142. The molecule has 122 heavy (non-hydrogen) atoms. The van der Waals surface area contributed by atoms with Crippen molar-refractivity contribution in [2.75, 3.05) is 0 Å². The Morgan fingerprint density at radius 1 is 0.230 bits per heavy atom. The van der Waals surface area contributed by atoms with Crippen molar-refractivity contribution in [3.05, 3.63) is 441 Å². The van der Waals surface area contributed by atoms with Gasteiger partial charge in [-0.05, 0) is 180 Å². The zero-order chi connectivity index (χ0) is 81.2. The number of fused-ring (bicyclic) bond motifs is 20. The van der Waals surface area contributed by atoms with Crippen LogP contribution in [0.2, 0.25) is 0 Å². The summed E-state index contributed by atoms with van der Waals surface area (Å²) in [4.78, 5) is 3.75. The Kier molecular flexibility index (Phi) is 16.6. The fourth-order valence-corrected chi connectivity index (χ4v) is 29.6. The first-order chi connectivity index (χ1) is 60.4. The highest BCUT2D eigenvalue weighted by molar-refractivity contribution is 7.20. The van der Waals surface area contributed by atoms with Crippen LogP contribution in [0.3, 0.4) is 0 Å². The Hall–Kier alpha value is -16.3. The van der Waals surface area contributed by atoms with Gasteiger partial charge in [0.05, 0.1) is 74.0 Å². The van der Waals surface area contributed by atoms with Crippen LogP contribution in [0, 0.1) is 29.2 Å². The van der Waals surface area contributed by atoms with Crippen LogP contribution >= 0.6 is 0 Å². The molecule has 0 saturated carbocycles. The molecule has 0 aliphatic heterocycles. The van der Waals surface area contributed by atoms with Crippen molar-refractivity contribution in [1.82, 2.24) is 18.3 Å². The molecule has 0 fully saturated rings. The van der Waals surface area contributed by atoms with Crippen LogP contribution in [-0.2, 0) is 0 Å². The van der Waals surface area contributed by atoms with Gasteiger partial charge in [-0.3, -0.25) is 0 Å². The number of hydrogen-bond donors (Lipinski definition) is 0. The lowest BCUT2D eigenvalue weighted by Crippen LogP contribution is -2.74. The Morgan fingerprint density at radius 3 is 1.04 bits per heavy atom. The predicted octanol–water partition coefficient (Wildman–Crippen LogP) is 22.6. The summed E-state index contributed by atoms with van der Waals surface area (Å²) in [7, 11) is -6.11. The lowest BCUT2D eigenvalue weighted by Gasteiger charge is -2.35. The molecule has 0 spiro atoms. The highest BCUT2D eigenvalue weighted by atomic mass is 28.3. The van der Waals surface area contributed by atoms with E-state index in [1.54, 1.807) is 0 Å². The highest BCUT2D eigenvalue weighted by Crippen LogP contribution is 2.44.